The second-order valence-electron chi connectivity index (χ2n) is 2.78. The summed E-state index contributed by atoms with van der Waals surface area (Å²) in [6.07, 6.45) is 3.19. The molecule has 6 nitrogen and oxygen atoms in total. The van der Waals surface area contributed by atoms with Crippen molar-refractivity contribution in [3.63, 3.8) is 0 Å². The molecular formula is C10H7N2O4+. The van der Waals surface area contributed by atoms with Crippen LogP contribution in [0.2, 0.25) is 0 Å². The molecule has 0 bridgehead atoms. The molecule has 0 atom stereocenters. The summed E-state index contributed by atoms with van der Waals surface area (Å²) in [6, 6.07) is 4.64. The highest BCUT2D eigenvalue weighted by Crippen LogP contribution is 1.97. The normalized spacial score (nSPS) is 10.6. The zero-order valence-electron chi connectivity index (χ0n) is 7.99. The van der Waals surface area contributed by atoms with Crippen LogP contribution < -0.4 is 4.57 Å². The molecule has 1 aromatic rings. The summed E-state index contributed by atoms with van der Waals surface area (Å²) in [6.45, 7) is 0. The van der Waals surface area contributed by atoms with Crippen molar-refractivity contribution in [3.05, 3.63) is 36.2 Å². The van der Waals surface area contributed by atoms with Crippen LogP contribution in [0.5, 0.6) is 0 Å². The standard InChI is InChI=1S/C10H6N2O4/c11-6-7-1-3-12(4-2-7)8(10(15)16)5-9(13)14/h1-5H,(H-,13,14,15,16)/p+1/b8-5-. The van der Waals surface area contributed by atoms with Gasteiger partial charge in [-0.15, -0.1) is 0 Å². The van der Waals surface area contributed by atoms with E-state index in [0.29, 0.717) is 11.6 Å². The highest BCUT2D eigenvalue weighted by atomic mass is 16.4. The van der Waals surface area contributed by atoms with Crippen molar-refractivity contribution >= 4 is 17.6 Å². The zero-order valence-corrected chi connectivity index (χ0v) is 7.99. The van der Waals surface area contributed by atoms with Crippen LogP contribution in [0, 0.1) is 11.3 Å². The number of aliphatic carboxylic acids is 2. The molecule has 0 spiro atoms. The molecule has 0 aliphatic rings. The van der Waals surface area contributed by atoms with Crippen LogP contribution in [0.1, 0.15) is 5.56 Å². The van der Waals surface area contributed by atoms with E-state index in [1.165, 1.54) is 24.5 Å². The minimum atomic E-state index is -1.36. The third kappa shape index (κ3) is 2.65. The minimum Gasteiger partial charge on any atom is -0.478 e. The lowest BCUT2D eigenvalue weighted by atomic mass is 10.3. The molecule has 0 aromatic carbocycles. The van der Waals surface area contributed by atoms with Crippen LogP contribution >= 0.6 is 0 Å². The second kappa shape index (κ2) is 4.70. The molecule has 0 saturated heterocycles. The zero-order chi connectivity index (χ0) is 12.1. The molecule has 1 heterocycles. The van der Waals surface area contributed by atoms with Crippen LogP contribution in [-0.2, 0) is 9.59 Å². The molecule has 0 radical (unpaired) electrons. The molecule has 16 heavy (non-hydrogen) atoms. The van der Waals surface area contributed by atoms with E-state index in [1.807, 2.05) is 6.07 Å². The molecule has 1 aromatic heterocycles. The van der Waals surface area contributed by atoms with Gasteiger partial charge in [0, 0.05) is 12.1 Å². The Morgan fingerprint density at radius 3 is 2.25 bits per heavy atom. The molecule has 0 amide bonds. The third-order valence-electron chi connectivity index (χ3n) is 1.72. The van der Waals surface area contributed by atoms with E-state index >= 15 is 0 Å². The van der Waals surface area contributed by atoms with E-state index in [2.05, 4.69) is 0 Å². The monoisotopic (exact) mass is 219 g/mol. The van der Waals surface area contributed by atoms with Gasteiger partial charge in [-0.3, -0.25) is 0 Å². The molecule has 0 unspecified atom stereocenters. The van der Waals surface area contributed by atoms with Gasteiger partial charge in [0.25, 0.3) is 0 Å². The Morgan fingerprint density at radius 1 is 1.31 bits per heavy atom. The number of nitrogens with zero attached hydrogens (tertiary/aromatic N) is 2. The summed E-state index contributed by atoms with van der Waals surface area (Å²) in [5.74, 6) is -2.72. The summed E-state index contributed by atoms with van der Waals surface area (Å²) in [5, 5.41) is 25.8. The molecule has 6 heteroatoms. The molecule has 2 N–H and O–H groups in total. The molecular weight excluding hydrogens is 212 g/mol. The van der Waals surface area contributed by atoms with E-state index in [0.717, 1.165) is 4.57 Å². The molecule has 80 valence electrons. The third-order valence-corrected chi connectivity index (χ3v) is 1.72. The SMILES string of the molecule is N#Cc1cc[n+](/C(=C\C(=O)O)C(=O)O)cc1. The molecule has 0 aliphatic heterocycles. The predicted octanol–water partition coefficient (Wildman–Crippen LogP) is -0.144. The molecule has 1 rings (SSSR count). The first-order valence-electron chi connectivity index (χ1n) is 4.14. The van der Waals surface area contributed by atoms with Crippen molar-refractivity contribution in [2.75, 3.05) is 0 Å². The number of carbonyl (C=O) groups is 2. The van der Waals surface area contributed by atoms with E-state index in [1.54, 1.807) is 0 Å². The van der Waals surface area contributed by atoms with E-state index < -0.39 is 17.6 Å². The molecule has 0 aliphatic carbocycles. The number of rotatable bonds is 3. The first-order valence-corrected chi connectivity index (χ1v) is 4.14. The lowest BCUT2D eigenvalue weighted by Crippen LogP contribution is -2.36. The van der Waals surface area contributed by atoms with Crippen molar-refractivity contribution in [1.82, 2.24) is 0 Å². The highest BCUT2D eigenvalue weighted by Gasteiger charge is 2.20. The fraction of sp³-hybridized carbons (Fsp3) is 0. The first kappa shape index (κ1) is 11.4. The minimum absolute atomic E-state index is 0.358. The van der Waals surface area contributed by atoms with Gasteiger partial charge in [0.15, 0.2) is 12.4 Å². The Kier molecular flexibility index (Phi) is 3.35. The average molecular weight is 219 g/mol. The van der Waals surface area contributed by atoms with Crippen molar-refractivity contribution in [1.29, 1.82) is 5.26 Å². The van der Waals surface area contributed by atoms with Gasteiger partial charge in [-0.2, -0.15) is 9.83 Å². The smallest absolute Gasteiger partial charge is 0.402 e. The van der Waals surface area contributed by atoms with E-state index in [-0.39, 0.29) is 0 Å². The summed E-state index contributed by atoms with van der Waals surface area (Å²) in [5.41, 5.74) is -0.0479. The van der Waals surface area contributed by atoms with E-state index in [4.69, 9.17) is 15.5 Å². The van der Waals surface area contributed by atoms with Crippen LogP contribution in [0.3, 0.4) is 0 Å². The summed E-state index contributed by atoms with van der Waals surface area (Å²) in [4.78, 5) is 21.2. The van der Waals surface area contributed by atoms with Crippen molar-refractivity contribution in [2.24, 2.45) is 0 Å². The largest absolute Gasteiger partial charge is 0.478 e. The maximum Gasteiger partial charge on any atom is 0.402 e. The second-order valence-corrected chi connectivity index (χ2v) is 2.78. The fourth-order valence-electron chi connectivity index (χ4n) is 1.03. The van der Waals surface area contributed by atoms with Gasteiger partial charge in [-0.1, -0.05) is 0 Å². The maximum absolute atomic E-state index is 10.8. The maximum atomic E-state index is 10.8. The average Bonchev–Trinajstić information content (AvgIpc) is 2.25. The van der Waals surface area contributed by atoms with Gasteiger partial charge >= 0.3 is 17.6 Å². The lowest BCUT2D eigenvalue weighted by molar-refractivity contribution is -0.578. The van der Waals surface area contributed by atoms with Gasteiger partial charge in [0.2, 0.25) is 0 Å². The Bertz CT molecular complexity index is 497. The Balaban J connectivity index is 3.18. The lowest BCUT2D eigenvalue weighted by Gasteiger charge is -1.94. The Morgan fingerprint density at radius 2 is 1.88 bits per heavy atom. The predicted molar refractivity (Wildman–Crippen MR) is 50.9 cm³/mol. The van der Waals surface area contributed by atoms with Gasteiger partial charge < -0.3 is 10.2 Å². The van der Waals surface area contributed by atoms with Gasteiger partial charge in [-0.05, 0) is 0 Å². The number of hydrogen-bond donors (Lipinski definition) is 2. The molecule has 0 saturated carbocycles. The van der Waals surface area contributed by atoms with Crippen molar-refractivity contribution in [3.8, 4) is 6.07 Å². The number of hydrogen-bond acceptors (Lipinski definition) is 3. The van der Waals surface area contributed by atoms with Gasteiger partial charge in [0.1, 0.15) is 6.08 Å². The summed E-state index contributed by atoms with van der Waals surface area (Å²) in [7, 11) is 0. The van der Waals surface area contributed by atoms with Crippen LogP contribution in [0.4, 0.5) is 0 Å². The quantitative estimate of drug-likeness (QED) is 0.544. The van der Waals surface area contributed by atoms with Crippen LogP contribution in [0.15, 0.2) is 30.6 Å². The summed E-state index contributed by atoms with van der Waals surface area (Å²) < 4.78 is 1.11. The van der Waals surface area contributed by atoms with E-state index in [9.17, 15) is 9.59 Å². The van der Waals surface area contributed by atoms with Gasteiger partial charge in [-0.25, -0.2) is 9.59 Å². The number of carboxylic acid groups (broad SMARTS) is 2. The van der Waals surface area contributed by atoms with Gasteiger partial charge in [0.05, 0.1) is 11.6 Å². The Hall–Kier alpha value is -2.68. The summed E-state index contributed by atoms with van der Waals surface area (Å²) >= 11 is 0. The van der Waals surface area contributed by atoms with Crippen LogP contribution in [-0.4, -0.2) is 22.2 Å². The van der Waals surface area contributed by atoms with Crippen LogP contribution in [0.25, 0.3) is 5.70 Å². The highest BCUT2D eigenvalue weighted by molar-refractivity contribution is 6.09. The topological polar surface area (TPSA) is 102 Å². The Labute approximate surface area is 90.3 Å². The first-order chi connectivity index (χ1) is 7.54. The number of aromatic nitrogens is 1. The van der Waals surface area contributed by atoms with Crippen molar-refractivity contribution < 1.29 is 24.4 Å². The fourth-order valence-corrected chi connectivity index (χ4v) is 1.03. The molecule has 0 fully saturated rings. The number of pyridine rings is 1. The number of nitriles is 1. The number of carboxylic acids is 2. The van der Waals surface area contributed by atoms with Crippen molar-refractivity contribution in [2.45, 2.75) is 0 Å².